The van der Waals surface area contributed by atoms with E-state index in [1.54, 1.807) is 0 Å². The molecule has 3 nitrogen and oxygen atoms in total. The highest BCUT2D eigenvalue weighted by atomic mass is 16.1. The molecular weight excluding hydrogens is 248 g/mol. The van der Waals surface area contributed by atoms with Gasteiger partial charge >= 0.3 is 0 Å². The molecule has 0 fully saturated rings. The van der Waals surface area contributed by atoms with Crippen LogP contribution in [-0.2, 0) is 4.79 Å². The van der Waals surface area contributed by atoms with Crippen molar-refractivity contribution >= 4 is 5.91 Å². The van der Waals surface area contributed by atoms with Crippen molar-refractivity contribution in [2.75, 3.05) is 6.54 Å². The van der Waals surface area contributed by atoms with E-state index in [0.29, 0.717) is 12.5 Å². The predicted octanol–water partition coefficient (Wildman–Crippen LogP) is 3.27. The lowest BCUT2D eigenvalue weighted by atomic mass is 9.88. The lowest BCUT2D eigenvalue weighted by molar-refractivity contribution is -0.125. The molecule has 0 aliphatic heterocycles. The number of hydrogen-bond donors (Lipinski definition) is 2. The maximum Gasteiger partial charge on any atom is 0.223 e. The maximum absolute atomic E-state index is 12.3. The van der Waals surface area contributed by atoms with Gasteiger partial charge in [0.1, 0.15) is 0 Å². The first kappa shape index (κ1) is 16.7. The van der Waals surface area contributed by atoms with Crippen molar-refractivity contribution in [3.8, 4) is 0 Å². The van der Waals surface area contributed by atoms with Gasteiger partial charge in [0.25, 0.3) is 0 Å². The first-order valence-corrected chi connectivity index (χ1v) is 7.69. The standard InChI is InChI=1S/C17H28N2O/c1-4-14(5-2)16(15-9-7-6-8-10-15)19-17(20)13(3)11-12-18/h6-10,13-14,16H,4-5,11-12,18H2,1-3H3,(H,19,20). The number of nitrogens with two attached hydrogens (primary N) is 1. The Balaban J connectivity index is 2.86. The molecule has 112 valence electrons. The summed E-state index contributed by atoms with van der Waals surface area (Å²) in [6, 6.07) is 10.3. The van der Waals surface area contributed by atoms with Crippen molar-refractivity contribution in [3.63, 3.8) is 0 Å². The van der Waals surface area contributed by atoms with Crippen LogP contribution in [0.1, 0.15) is 51.6 Å². The molecule has 2 atom stereocenters. The average Bonchev–Trinajstić information content (AvgIpc) is 2.48. The lowest BCUT2D eigenvalue weighted by Gasteiger charge is -2.28. The molecule has 0 radical (unpaired) electrons. The van der Waals surface area contributed by atoms with Crippen molar-refractivity contribution in [1.29, 1.82) is 0 Å². The second kappa shape index (κ2) is 8.75. The second-order valence-electron chi connectivity index (χ2n) is 5.45. The molecule has 0 aliphatic carbocycles. The molecule has 0 spiro atoms. The molecule has 0 aromatic heterocycles. The minimum atomic E-state index is -0.0272. The van der Waals surface area contributed by atoms with Crippen molar-refractivity contribution in [2.24, 2.45) is 17.6 Å². The van der Waals surface area contributed by atoms with E-state index >= 15 is 0 Å². The fourth-order valence-corrected chi connectivity index (χ4v) is 2.57. The molecule has 3 heteroatoms. The van der Waals surface area contributed by atoms with Crippen LogP contribution in [0.25, 0.3) is 0 Å². The van der Waals surface area contributed by atoms with Gasteiger partial charge < -0.3 is 11.1 Å². The Hall–Kier alpha value is -1.35. The Kier molecular flexibility index (Phi) is 7.31. The Morgan fingerprint density at radius 3 is 2.30 bits per heavy atom. The predicted molar refractivity (Wildman–Crippen MR) is 84.2 cm³/mol. The van der Waals surface area contributed by atoms with Gasteiger partial charge in [-0.25, -0.2) is 0 Å². The summed E-state index contributed by atoms with van der Waals surface area (Å²) in [4.78, 5) is 12.3. The number of benzene rings is 1. The van der Waals surface area contributed by atoms with Crippen LogP contribution in [0.2, 0.25) is 0 Å². The molecule has 0 saturated heterocycles. The van der Waals surface area contributed by atoms with E-state index in [-0.39, 0.29) is 17.9 Å². The largest absolute Gasteiger partial charge is 0.349 e. The van der Waals surface area contributed by atoms with Gasteiger partial charge in [-0.05, 0) is 24.4 Å². The third-order valence-corrected chi connectivity index (χ3v) is 4.02. The zero-order valence-electron chi connectivity index (χ0n) is 12.9. The summed E-state index contributed by atoms with van der Waals surface area (Å²) in [7, 11) is 0. The third kappa shape index (κ3) is 4.64. The van der Waals surface area contributed by atoms with E-state index in [4.69, 9.17) is 5.73 Å². The summed E-state index contributed by atoms with van der Waals surface area (Å²) in [5.41, 5.74) is 6.73. The van der Waals surface area contributed by atoms with Gasteiger partial charge in [-0.1, -0.05) is 63.9 Å². The zero-order valence-corrected chi connectivity index (χ0v) is 12.9. The first-order valence-electron chi connectivity index (χ1n) is 7.69. The van der Waals surface area contributed by atoms with Crippen LogP contribution in [0.5, 0.6) is 0 Å². The van der Waals surface area contributed by atoms with Gasteiger partial charge in [-0.3, -0.25) is 4.79 Å². The Labute approximate surface area is 122 Å². The second-order valence-corrected chi connectivity index (χ2v) is 5.45. The van der Waals surface area contributed by atoms with Gasteiger partial charge in [0.15, 0.2) is 0 Å². The van der Waals surface area contributed by atoms with Crippen LogP contribution < -0.4 is 11.1 Å². The van der Waals surface area contributed by atoms with E-state index in [1.807, 2.05) is 25.1 Å². The minimum Gasteiger partial charge on any atom is -0.349 e. The molecule has 1 rings (SSSR count). The van der Waals surface area contributed by atoms with Gasteiger partial charge in [-0.2, -0.15) is 0 Å². The monoisotopic (exact) mass is 276 g/mol. The van der Waals surface area contributed by atoms with Crippen molar-refractivity contribution in [1.82, 2.24) is 5.32 Å². The van der Waals surface area contributed by atoms with Crippen LogP contribution in [0, 0.1) is 11.8 Å². The van der Waals surface area contributed by atoms with Gasteiger partial charge in [-0.15, -0.1) is 0 Å². The van der Waals surface area contributed by atoms with Crippen LogP contribution in [0.4, 0.5) is 0 Å². The highest BCUT2D eigenvalue weighted by Crippen LogP contribution is 2.27. The van der Waals surface area contributed by atoms with Gasteiger partial charge in [0, 0.05) is 5.92 Å². The van der Waals surface area contributed by atoms with E-state index < -0.39 is 0 Å². The summed E-state index contributed by atoms with van der Waals surface area (Å²) in [5.74, 6) is 0.545. The molecule has 0 heterocycles. The van der Waals surface area contributed by atoms with E-state index in [1.165, 1.54) is 5.56 Å². The number of carbonyl (C=O) groups excluding carboxylic acids is 1. The van der Waals surface area contributed by atoms with E-state index in [0.717, 1.165) is 19.3 Å². The summed E-state index contributed by atoms with van der Waals surface area (Å²) in [6.45, 7) is 6.85. The Morgan fingerprint density at radius 2 is 1.80 bits per heavy atom. The minimum absolute atomic E-state index is 0.0272. The summed E-state index contributed by atoms with van der Waals surface area (Å²) in [6.07, 6.45) is 2.85. The van der Waals surface area contributed by atoms with Crippen LogP contribution in [0.15, 0.2) is 30.3 Å². The number of nitrogens with one attached hydrogen (secondary N) is 1. The molecule has 2 unspecified atom stereocenters. The number of carbonyl (C=O) groups is 1. The normalized spacial score (nSPS) is 14.1. The molecule has 1 aromatic rings. The number of hydrogen-bond acceptors (Lipinski definition) is 2. The summed E-state index contributed by atoms with van der Waals surface area (Å²) < 4.78 is 0. The van der Waals surface area contributed by atoms with Crippen LogP contribution >= 0.6 is 0 Å². The molecule has 1 amide bonds. The van der Waals surface area contributed by atoms with Crippen LogP contribution in [-0.4, -0.2) is 12.5 Å². The quantitative estimate of drug-likeness (QED) is 0.765. The molecule has 0 bridgehead atoms. The molecular formula is C17H28N2O. The van der Waals surface area contributed by atoms with Gasteiger partial charge in [0.2, 0.25) is 5.91 Å². The SMILES string of the molecule is CCC(CC)C(NC(=O)C(C)CCN)c1ccccc1. The van der Waals surface area contributed by atoms with Crippen molar-refractivity contribution in [3.05, 3.63) is 35.9 Å². The number of amides is 1. The molecule has 1 aromatic carbocycles. The van der Waals surface area contributed by atoms with Gasteiger partial charge in [0.05, 0.1) is 6.04 Å². The topological polar surface area (TPSA) is 55.1 Å². The molecule has 20 heavy (non-hydrogen) atoms. The molecule has 0 saturated carbocycles. The smallest absolute Gasteiger partial charge is 0.223 e. The summed E-state index contributed by atoms with van der Waals surface area (Å²) in [5, 5.41) is 3.23. The maximum atomic E-state index is 12.3. The molecule has 3 N–H and O–H groups in total. The van der Waals surface area contributed by atoms with Crippen molar-refractivity contribution < 1.29 is 4.79 Å². The Bertz CT molecular complexity index is 387. The van der Waals surface area contributed by atoms with Crippen molar-refractivity contribution in [2.45, 2.75) is 46.1 Å². The first-order chi connectivity index (χ1) is 9.63. The van der Waals surface area contributed by atoms with E-state index in [9.17, 15) is 4.79 Å². The third-order valence-electron chi connectivity index (χ3n) is 4.02. The highest BCUT2D eigenvalue weighted by molar-refractivity contribution is 5.78. The fraction of sp³-hybridized carbons (Fsp3) is 0.588. The molecule has 0 aliphatic rings. The number of rotatable bonds is 8. The van der Waals surface area contributed by atoms with Crippen LogP contribution in [0.3, 0.4) is 0 Å². The Morgan fingerprint density at radius 1 is 1.20 bits per heavy atom. The summed E-state index contributed by atoms with van der Waals surface area (Å²) >= 11 is 0. The average molecular weight is 276 g/mol. The fourth-order valence-electron chi connectivity index (χ4n) is 2.57. The lowest BCUT2D eigenvalue weighted by Crippen LogP contribution is -2.37. The highest BCUT2D eigenvalue weighted by Gasteiger charge is 2.24. The zero-order chi connectivity index (χ0) is 15.0. The van der Waals surface area contributed by atoms with E-state index in [2.05, 4.69) is 31.3 Å².